The smallest absolute Gasteiger partial charge is 0.435 e. The van der Waals surface area contributed by atoms with Crippen LogP contribution in [0.4, 0.5) is 30.8 Å². The summed E-state index contributed by atoms with van der Waals surface area (Å²) in [6.45, 7) is 4.67. The van der Waals surface area contributed by atoms with Crippen LogP contribution in [-0.4, -0.2) is 120 Å². The summed E-state index contributed by atoms with van der Waals surface area (Å²) >= 11 is 0. The maximum Gasteiger partial charge on any atom is 0.435 e. The molecule has 0 spiro atoms. The number of anilines is 3. The molecule has 17 heteroatoms. The van der Waals surface area contributed by atoms with E-state index in [1.54, 1.807) is 13.2 Å². The van der Waals surface area contributed by atoms with E-state index >= 15 is 0 Å². The number of aromatic nitrogens is 2. The standard InChI is InChI=1S/C33H45F2N7O7S/c1-21(20-48-7)36-29-17-25(40(5)18-22(2)39(3)4)8-9-27(29)32(43)37-31-28-19-41(50(45,46)26-15-23(34)14-24(35)16-26)11-10-30(28)42(38-31)33(44)49-13-12-47-6/h8-9,14-17,21-22,36H,10-13,18-20H2,1-7H3,(H,37,38,43)/t21?,22-/m1/s1. The van der Waals surface area contributed by atoms with E-state index < -0.39 is 38.6 Å². The highest BCUT2D eigenvalue weighted by molar-refractivity contribution is 7.89. The second kappa shape index (κ2) is 16.7. The number of fused-ring (bicyclic) bond motifs is 1. The lowest BCUT2D eigenvalue weighted by Crippen LogP contribution is -2.37. The van der Waals surface area contributed by atoms with E-state index in [4.69, 9.17) is 14.2 Å². The lowest BCUT2D eigenvalue weighted by Gasteiger charge is -2.28. The summed E-state index contributed by atoms with van der Waals surface area (Å²) in [7, 11) is 4.60. The normalized spacial score (nSPS) is 14.6. The highest BCUT2D eigenvalue weighted by atomic mass is 32.2. The van der Waals surface area contributed by atoms with Crippen molar-refractivity contribution in [2.24, 2.45) is 0 Å². The van der Waals surface area contributed by atoms with Gasteiger partial charge in [-0.05, 0) is 58.3 Å². The molecule has 274 valence electrons. The van der Waals surface area contributed by atoms with Gasteiger partial charge in [0.2, 0.25) is 10.0 Å². The van der Waals surface area contributed by atoms with Crippen molar-refractivity contribution < 1.29 is 41.0 Å². The van der Waals surface area contributed by atoms with Crippen LogP contribution in [0.15, 0.2) is 41.3 Å². The summed E-state index contributed by atoms with van der Waals surface area (Å²) in [5, 5.41) is 10.4. The van der Waals surface area contributed by atoms with Crippen LogP contribution >= 0.6 is 0 Å². The van der Waals surface area contributed by atoms with Crippen LogP contribution < -0.4 is 15.5 Å². The predicted molar refractivity (Wildman–Crippen MR) is 184 cm³/mol. The molecule has 0 saturated carbocycles. The molecule has 0 saturated heterocycles. The van der Waals surface area contributed by atoms with E-state index in [2.05, 4.69) is 32.5 Å². The number of hydrogen-bond donors (Lipinski definition) is 2. The predicted octanol–water partition coefficient (Wildman–Crippen LogP) is 3.62. The fourth-order valence-corrected chi connectivity index (χ4v) is 6.89. The van der Waals surface area contributed by atoms with Crippen LogP contribution in [0.1, 0.15) is 35.5 Å². The van der Waals surface area contributed by atoms with Crippen molar-refractivity contribution in [3.63, 3.8) is 0 Å². The van der Waals surface area contributed by atoms with Gasteiger partial charge in [0.05, 0.1) is 29.4 Å². The Morgan fingerprint density at radius 2 is 1.72 bits per heavy atom. The molecule has 2 atom stereocenters. The molecule has 3 aromatic rings. The molecule has 1 unspecified atom stereocenters. The number of hydrogen-bond acceptors (Lipinski definition) is 11. The maximum atomic E-state index is 14.0. The first-order chi connectivity index (χ1) is 23.7. The molecule has 0 fully saturated rings. The molecule has 50 heavy (non-hydrogen) atoms. The fraction of sp³-hybridized carbons (Fsp3) is 0.485. The van der Waals surface area contributed by atoms with Crippen molar-refractivity contribution in [1.29, 1.82) is 0 Å². The van der Waals surface area contributed by atoms with Crippen LogP contribution in [0.2, 0.25) is 0 Å². The topological polar surface area (TPSA) is 148 Å². The molecule has 1 aromatic heterocycles. The van der Waals surface area contributed by atoms with E-state index in [1.165, 1.54) is 7.11 Å². The average molecular weight is 722 g/mol. The maximum absolute atomic E-state index is 14.0. The van der Waals surface area contributed by atoms with Crippen molar-refractivity contribution in [3.05, 3.63) is 64.9 Å². The summed E-state index contributed by atoms with van der Waals surface area (Å²) in [6, 6.07) is 7.46. The molecule has 1 aliphatic heterocycles. The number of halogens is 2. The van der Waals surface area contributed by atoms with Gasteiger partial charge in [-0.3, -0.25) is 4.79 Å². The molecule has 0 aliphatic carbocycles. The summed E-state index contributed by atoms with van der Waals surface area (Å²) in [5.74, 6) is -2.75. The minimum absolute atomic E-state index is 0.0116. The quantitative estimate of drug-likeness (QED) is 0.222. The zero-order valence-corrected chi connectivity index (χ0v) is 30.1. The van der Waals surface area contributed by atoms with Crippen LogP contribution in [0.3, 0.4) is 0 Å². The SMILES string of the molecule is COCCOC(=O)n1nc(NC(=O)c2ccc(N(C)C[C@@H](C)N(C)C)cc2NC(C)COC)c2c1CCN(S(=O)(=O)c1cc(F)cc(F)c1)C2. The second-order valence-corrected chi connectivity index (χ2v) is 14.3. The molecule has 0 bridgehead atoms. The van der Waals surface area contributed by atoms with Gasteiger partial charge in [0, 0.05) is 82.4 Å². The van der Waals surface area contributed by atoms with Gasteiger partial charge in [-0.1, -0.05) is 0 Å². The Morgan fingerprint density at radius 3 is 2.36 bits per heavy atom. The molecular formula is C33H45F2N7O7S. The van der Waals surface area contributed by atoms with Gasteiger partial charge in [-0.2, -0.15) is 8.99 Å². The Labute approximate surface area is 291 Å². The zero-order valence-electron chi connectivity index (χ0n) is 29.3. The third kappa shape index (κ3) is 9.14. The summed E-state index contributed by atoms with van der Waals surface area (Å²) < 4.78 is 72.5. The first-order valence-electron chi connectivity index (χ1n) is 16.0. The number of nitrogens with zero attached hydrogens (tertiary/aromatic N) is 5. The van der Waals surface area contributed by atoms with Crippen LogP contribution in [-0.2, 0) is 37.2 Å². The van der Waals surface area contributed by atoms with Gasteiger partial charge < -0.3 is 34.6 Å². The number of amides is 1. The lowest BCUT2D eigenvalue weighted by molar-refractivity contribution is 0.0967. The Balaban J connectivity index is 1.71. The minimum atomic E-state index is -4.39. The number of sulfonamides is 1. The molecule has 14 nitrogen and oxygen atoms in total. The Bertz CT molecular complexity index is 1770. The van der Waals surface area contributed by atoms with Crippen molar-refractivity contribution in [1.82, 2.24) is 19.0 Å². The molecule has 2 N–H and O–H groups in total. The first-order valence-corrected chi connectivity index (χ1v) is 17.4. The first kappa shape index (κ1) is 38.6. The summed E-state index contributed by atoms with van der Waals surface area (Å²) in [4.78, 5) is 30.6. The third-order valence-electron chi connectivity index (χ3n) is 8.34. The van der Waals surface area contributed by atoms with Crippen LogP contribution in [0.5, 0.6) is 0 Å². The van der Waals surface area contributed by atoms with E-state index in [0.29, 0.717) is 24.1 Å². The van der Waals surface area contributed by atoms with Gasteiger partial charge in [0.15, 0.2) is 5.82 Å². The van der Waals surface area contributed by atoms with Gasteiger partial charge in [0.1, 0.15) is 18.2 Å². The van der Waals surface area contributed by atoms with E-state index in [-0.39, 0.29) is 61.8 Å². The third-order valence-corrected chi connectivity index (χ3v) is 10.2. The molecule has 2 aromatic carbocycles. The number of carbonyl (C=O) groups is 2. The number of methoxy groups -OCH3 is 2. The highest BCUT2D eigenvalue weighted by Crippen LogP contribution is 2.32. The number of likely N-dealkylation sites (N-methyl/N-ethyl adjacent to an activating group) is 2. The highest BCUT2D eigenvalue weighted by Gasteiger charge is 2.35. The zero-order chi connectivity index (χ0) is 36.7. The molecule has 0 radical (unpaired) electrons. The average Bonchev–Trinajstić information content (AvgIpc) is 3.41. The van der Waals surface area contributed by atoms with E-state index in [1.807, 2.05) is 40.2 Å². The van der Waals surface area contributed by atoms with Crippen LogP contribution in [0.25, 0.3) is 0 Å². The van der Waals surface area contributed by atoms with Gasteiger partial charge in [-0.15, -0.1) is 5.10 Å². The van der Waals surface area contributed by atoms with Crippen molar-refractivity contribution in [2.45, 2.75) is 43.8 Å². The fourth-order valence-electron chi connectivity index (χ4n) is 5.43. The molecule has 2 heterocycles. The van der Waals surface area contributed by atoms with Gasteiger partial charge in [0.25, 0.3) is 5.91 Å². The monoisotopic (exact) mass is 721 g/mol. The lowest BCUT2D eigenvalue weighted by atomic mass is 10.1. The summed E-state index contributed by atoms with van der Waals surface area (Å²) in [6.07, 6.45) is -0.861. The van der Waals surface area contributed by atoms with Crippen LogP contribution in [0, 0.1) is 11.6 Å². The largest absolute Gasteiger partial charge is 0.445 e. The molecule has 1 aliphatic rings. The van der Waals surface area contributed by atoms with Crippen molar-refractivity contribution >= 4 is 39.2 Å². The summed E-state index contributed by atoms with van der Waals surface area (Å²) in [5.41, 5.74) is 2.17. The Kier molecular flexibility index (Phi) is 12.9. The number of nitrogens with one attached hydrogen (secondary N) is 2. The van der Waals surface area contributed by atoms with Crippen molar-refractivity contribution in [2.75, 3.05) is 83.8 Å². The molecule has 1 amide bonds. The number of ether oxygens (including phenoxy) is 3. The Morgan fingerprint density at radius 1 is 1.02 bits per heavy atom. The second-order valence-electron chi connectivity index (χ2n) is 12.4. The van der Waals surface area contributed by atoms with Gasteiger partial charge in [-0.25, -0.2) is 22.0 Å². The van der Waals surface area contributed by atoms with Crippen molar-refractivity contribution in [3.8, 4) is 0 Å². The van der Waals surface area contributed by atoms with Gasteiger partial charge >= 0.3 is 6.09 Å². The number of rotatable bonds is 15. The molecular weight excluding hydrogens is 676 g/mol. The van der Waals surface area contributed by atoms with E-state index in [9.17, 15) is 26.8 Å². The minimum Gasteiger partial charge on any atom is -0.445 e. The number of benzene rings is 2. The number of carbonyl (C=O) groups excluding carboxylic acids is 2. The molecule has 4 rings (SSSR count). The van der Waals surface area contributed by atoms with E-state index in [0.717, 1.165) is 33.4 Å². The Hall–Kier alpha value is -4.16.